The molecule has 1 aromatic carbocycles. The van der Waals surface area contributed by atoms with E-state index in [1.807, 2.05) is 36.7 Å². The Kier molecular flexibility index (Phi) is 4.35. The molecule has 1 aliphatic carbocycles. The lowest BCUT2D eigenvalue weighted by molar-refractivity contribution is -0.0246. The Hall–Kier alpha value is -2.14. The number of nitrogens with one attached hydrogen (secondary N) is 1. The number of carbonyl (C=O) groups excluding carboxylic acids is 1. The van der Waals surface area contributed by atoms with Gasteiger partial charge < -0.3 is 14.6 Å². The summed E-state index contributed by atoms with van der Waals surface area (Å²) in [4.78, 5) is 25.6. The van der Waals surface area contributed by atoms with Crippen LogP contribution in [0.2, 0.25) is 0 Å². The molecule has 1 unspecified atom stereocenters. The first-order valence-electron chi connectivity index (χ1n) is 9.52. The number of fused-ring (bicyclic) bond motifs is 1. The van der Waals surface area contributed by atoms with E-state index < -0.39 is 0 Å². The van der Waals surface area contributed by atoms with E-state index in [4.69, 9.17) is 4.74 Å². The number of benzene rings is 1. The van der Waals surface area contributed by atoms with Gasteiger partial charge in [-0.15, -0.1) is 0 Å². The van der Waals surface area contributed by atoms with Crippen molar-refractivity contribution in [3.63, 3.8) is 0 Å². The van der Waals surface area contributed by atoms with Crippen molar-refractivity contribution in [3.8, 4) is 0 Å². The van der Waals surface area contributed by atoms with Crippen molar-refractivity contribution in [1.82, 2.24) is 9.88 Å². The summed E-state index contributed by atoms with van der Waals surface area (Å²) in [7, 11) is 1.86. The van der Waals surface area contributed by atoms with Crippen LogP contribution in [0.1, 0.15) is 54.4 Å². The van der Waals surface area contributed by atoms with E-state index in [1.54, 1.807) is 6.20 Å². The summed E-state index contributed by atoms with van der Waals surface area (Å²) in [6, 6.07) is 5.73. The molecule has 1 spiro atoms. The largest absolute Gasteiger partial charge is 0.373 e. The number of aromatic nitrogens is 1. The quantitative estimate of drug-likeness (QED) is 0.902. The fourth-order valence-corrected chi connectivity index (χ4v) is 4.51. The highest BCUT2D eigenvalue weighted by Crippen LogP contribution is 2.39. The van der Waals surface area contributed by atoms with Gasteiger partial charge in [0.15, 0.2) is 0 Å². The van der Waals surface area contributed by atoms with Crippen LogP contribution in [0.25, 0.3) is 10.9 Å². The minimum absolute atomic E-state index is 0.0153. The first-order valence-corrected chi connectivity index (χ1v) is 9.52. The lowest BCUT2D eigenvalue weighted by Gasteiger charge is -2.32. The molecule has 5 nitrogen and oxygen atoms in total. The van der Waals surface area contributed by atoms with Crippen molar-refractivity contribution in [1.29, 1.82) is 0 Å². The van der Waals surface area contributed by atoms with Crippen molar-refractivity contribution in [2.75, 3.05) is 6.61 Å². The van der Waals surface area contributed by atoms with Crippen molar-refractivity contribution in [2.24, 2.45) is 7.05 Å². The molecule has 5 heteroatoms. The fraction of sp³-hybridized carbons (Fsp3) is 0.524. The van der Waals surface area contributed by atoms with Gasteiger partial charge in [-0.25, -0.2) is 0 Å². The molecule has 1 aromatic heterocycles. The SMILES string of the molecule is Cc1ccc2c(c1)c(=O)c(C(=O)NC1COC3(CCCCC3)C1)cn2C. The van der Waals surface area contributed by atoms with Crippen molar-refractivity contribution >= 4 is 16.8 Å². The molecular weight excluding hydrogens is 328 g/mol. The van der Waals surface area contributed by atoms with E-state index in [0.717, 1.165) is 30.3 Å². The molecule has 138 valence electrons. The summed E-state index contributed by atoms with van der Waals surface area (Å²) in [5, 5.41) is 3.63. The highest BCUT2D eigenvalue weighted by Gasteiger charge is 2.41. The maximum absolute atomic E-state index is 12.8. The molecule has 26 heavy (non-hydrogen) atoms. The third-order valence-corrected chi connectivity index (χ3v) is 5.90. The molecule has 1 aliphatic heterocycles. The normalized spacial score (nSPS) is 22.0. The van der Waals surface area contributed by atoms with Gasteiger partial charge in [-0.2, -0.15) is 0 Å². The minimum atomic E-state index is -0.296. The van der Waals surface area contributed by atoms with E-state index in [1.165, 1.54) is 19.3 Å². The second-order valence-electron chi connectivity index (χ2n) is 7.93. The van der Waals surface area contributed by atoms with Crippen LogP contribution in [0, 0.1) is 6.92 Å². The third-order valence-electron chi connectivity index (χ3n) is 5.90. The van der Waals surface area contributed by atoms with Crippen LogP contribution < -0.4 is 10.7 Å². The summed E-state index contributed by atoms with van der Waals surface area (Å²) in [6.07, 6.45) is 8.32. The van der Waals surface area contributed by atoms with Gasteiger partial charge in [0.1, 0.15) is 5.56 Å². The predicted molar refractivity (Wildman–Crippen MR) is 102 cm³/mol. The molecule has 1 N–H and O–H groups in total. The summed E-state index contributed by atoms with van der Waals surface area (Å²) in [6.45, 7) is 2.49. The van der Waals surface area contributed by atoms with Gasteiger partial charge in [0.05, 0.1) is 23.8 Å². The van der Waals surface area contributed by atoms with Crippen LogP contribution in [0.15, 0.2) is 29.2 Å². The van der Waals surface area contributed by atoms with E-state index >= 15 is 0 Å². The lowest BCUT2D eigenvalue weighted by atomic mass is 9.82. The Balaban J connectivity index is 1.57. The van der Waals surface area contributed by atoms with E-state index in [0.29, 0.717) is 12.0 Å². The number of carbonyl (C=O) groups is 1. The Bertz CT molecular complexity index is 909. The van der Waals surface area contributed by atoms with Crippen LogP contribution in [0.5, 0.6) is 0 Å². The van der Waals surface area contributed by atoms with Crippen LogP contribution in [-0.2, 0) is 11.8 Å². The molecule has 2 aliphatic rings. The van der Waals surface area contributed by atoms with Crippen LogP contribution in [0.3, 0.4) is 0 Å². The van der Waals surface area contributed by atoms with Gasteiger partial charge in [-0.05, 0) is 38.3 Å². The van der Waals surface area contributed by atoms with Crippen LogP contribution in [-0.4, -0.2) is 28.7 Å². The number of aryl methyl sites for hydroxylation is 2. The highest BCUT2D eigenvalue weighted by atomic mass is 16.5. The molecule has 1 amide bonds. The number of amides is 1. The summed E-state index contributed by atoms with van der Waals surface area (Å²) in [5.74, 6) is -0.296. The minimum Gasteiger partial charge on any atom is -0.373 e. The summed E-state index contributed by atoms with van der Waals surface area (Å²) >= 11 is 0. The average Bonchev–Trinajstić information content (AvgIpc) is 3.00. The van der Waals surface area contributed by atoms with E-state index in [2.05, 4.69) is 5.32 Å². The Morgan fingerprint density at radius 3 is 2.81 bits per heavy atom. The molecule has 2 aromatic rings. The second-order valence-corrected chi connectivity index (χ2v) is 7.93. The van der Waals surface area contributed by atoms with Crippen molar-refractivity contribution in [3.05, 3.63) is 45.7 Å². The number of ether oxygens (including phenoxy) is 1. The number of pyridine rings is 1. The van der Waals surface area contributed by atoms with Gasteiger partial charge in [-0.3, -0.25) is 9.59 Å². The lowest BCUT2D eigenvalue weighted by Crippen LogP contribution is -2.39. The maximum Gasteiger partial charge on any atom is 0.257 e. The Labute approximate surface area is 153 Å². The molecule has 4 rings (SSSR count). The molecule has 2 heterocycles. The third kappa shape index (κ3) is 3.05. The van der Waals surface area contributed by atoms with Gasteiger partial charge >= 0.3 is 0 Å². The monoisotopic (exact) mass is 354 g/mol. The van der Waals surface area contributed by atoms with E-state index in [-0.39, 0.29) is 28.5 Å². The number of rotatable bonds is 2. The Morgan fingerprint density at radius 1 is 1.27 bits per heavy atom. The van der Waals surface area contributed by atoms with Gasteiger partial charge in [0, 0.05) is 18.6 Å². The zero-order valence-electron chi connectivity index (χ0n) is 15.5. The van der Waals surface area contributed by atoms with Gasteiger partial charge in [0.25, 0.3) is 5.91 Å². The number of hydrogen-bond donors (Lipinski definition) is 1. The first-order chi connectivity index (χ1) is 12.5. The predicted octanol–water partition coefficient (Wildman–Crippen LogP) is 3.07. The van der Waals surface area contributed by atoms with Crippen LogP contribution in [0.4, 0.5) is 0 Å². The summed E-state index contributed by atoms with van der Waals surface area (Å²) in [5.41, 5.74) is 1.79. The molecule has 1 atom stereocenters. The second kappa shape index (κ2) is 6.54. The maximum atomic E-state index is 12.8. The number of hydrogen-bond acceptors (Lipinski definition) is 3. The molecule has 2 fully saturated rings. The molecule has 0 bridgehead atoms. The fourth-order valence-electron chi connectivity index (χ4n) is 4.51. The van der Waals surface area contributed by atoms with Gasteiger partial charge in [0.2, 0.25) is 5.43 Å². The standard InChI is InChI=1S/C21H26N2O3/c1-14-6-7-18-16(10-14)19(24)17(12-23(18)2)20(25)22-15-11-21(26-13-15)8-4-3-5-9-21/h6-7,10,12,15H,3-5,8-9,11,13H2,1-2H3,(H,22,25). The number of nitrogens with zero attached hydrogens (tertiary/aromatic N) is 1. The van der Waals surface area contributed by atoms with E-state index in [9.17, 15) is 9.59 Å². The Morgan fingerprint density at radius 2 is 2.04 bits per heavy atom. The molecular formula is C21H26N2O3. The van der Waals surface area contributed by atoms with Crippen molar-refractivity contribution in [2.45, 2.75) is 57.1 Å². The zero-order valence-corrected chi connectivity index (χ0v) is 15.5. The highest BCUT2D eigenvalue weighted by molar-refractivity contribution is 5.97. The summed E-state index contributed by atoms with van der Waals surface area (Å²) < 4.78 is 7.92. The smallest absolute Gasteiger partial charge is 0.257 e. The topological polar surface area (TPSA) is 60.3 Å². The molecule has 1 saturated heterocycles. The average molecular weight is 354 g/mol. The van der Waals surface area contributed by atoms with Gasteiger partial charge in [-0.1, -0.05) is 30.9 Å². The van der Waals surface area contributed by atoms with Crippen molar-refractivity contribution < 1.29 is 9.53 Å². The first kappa shape index (κ1) is 17.3. The zero-order chi connectivity index (χ0) is 18.3. The molecule has 1 saturated carbocycles. The van der Waals surface area contributed by atoms with Crippen LogP contribution >= 0.6 is 0 Å². The molecule has 0 radical (unpaired) electrons.